The van der Waals surface area contributed by atoms with Gasteiger partial charge in [-0.2, -0.15) is 5.10 Å². The first-order valence-electron chi connectivity index (χ1n) is 5.23. The van der Waals surface area contributed by atoms with Crippen LogP contribution in [0.2, 0.25) is 0 Å². The molecule has 0 fully saturated rings. The van der Waals surface area contributed by atoms with Crippen molar-refractivity contribution in [3.8, 4) is 0 Å². The molecule has 1 heterocycles. The summed E-state index contributed by atoms with van der Waals surface area (Å²) in [4.78, 5) is 0. The van der Waals surface area contributed by atoms with Crippen molar-refractivity contribution in [1.82, 2.24) is 9.78 Å². The van der Waals surface area contributed by atoms with Crippen LogP contribution in [0.3, 0.4) is 0 Å². The third-order valence-electron chi connectivity index (χ3n) is 2.35. The second kappa shape index (κ2) is 5.40. The molecule has 0 aromatic carbocycles. The molecule has 1 rings (SSSR count). The Bertz CT molecular complexity index is 268. The molecule has 0 saturated heterocycles. The van der Waals surface area contributed by atoms with E-state index in [9.17, 15) is 0 Å². The Morgan fingerprint density at radius 3 is 2.64 bits per heavy atom. The van der Waals surface area contributed by atoms with Crippen LogP contribution in [0.25, 0.3) is 0 Å². The van der Waals surface area contributed by atoms with Crippen molar-refractivity contribution in [1.29, 1.82) is 0 Å². The fraction of sp³-hybridized carbons (Fsp3) is 0.727. The average Bonchev–Trinajstić information content (AvgIpc) is 2.62. The van der Waals surface area contributed by atoms with Crippen LogP contribution in [0, 0.1) is 5.92 Å². The zero-order chi connectivity index (χ0) is 10.6. The Kier molecular flexibility index (Phi) is 4.46. The van der Waals surface area contributed by atoms with Crippen molar-refractivity contribution in [3.05, 3.63) is 18.0 Å². The van der Waals surface area contributed by atoms with Crippen LogP contribution in [0.4, 0.5) is 0 Å². The molecule has 80 valence electrons. The first-order chi connectivity index (χ1) is 6.63. The van der Waals surface area contributed by atoms with Crippen LogP contribution >= 0.6 is 11.6 Å². The zero-order valence-corrected chi connectivity index (χ0v) is 9.96. The molecule has 2 nitrogen and oxygen atoms in total. The minimum absolute atomic E-state index is 0.453. The fourth-order valence-electron chi connectivity index (χ4n) is 1.27. The maximum Gasteiger partial charge on any atom is 0.0624 e. The van der Waals surface area contributed by atoms with Gasteiger partial charge >= 0.3 is 0 Å². The van der Waals surface area contributed by atoms with Gasteiger partial charge in [-0.1, -0.05) is 6.92 Å². The summed E-state index contributed by atoms with van der Waals surface area (Å²) >= 11 is 5.75. The molecule has 1 atom stereocenters. The van der Waals surface area contributed by atoms with Gasteiger partial charge in [-0.15, -0.1) is 11.6 Å². The van der Waals surface area contributed by atoms with Crippen molar-refractivity contribution in [2.75, 3.05) is 5.88 Å². The van der Waals surface area contributed by atoms with Gasteiger partial charge in [0.05, 0.1) is 5.69 Å². The minimum atomic E-state index is 0.453. The topological polar surface area (TPSA) is 17.8 Å². The van der Waals surface area contributed by atoms with E-state index in [1.54, 1.807) is 0 Å². The standard InChI is InChI=1S/C11H19ClN2/c1-9(2)14-7-6-11(13-14)5-4-10(3)8-12/h6-7,9-10H,4-5,8H2,1-3H3. The smallest absolute Gasteiger partial charge is 0.0624 e. The lowest BCUT2D eigenvalue weighted by Crippen LogP contribution is -2.03. The van der Waals surface area contributed by atoms with Crippen LogP contribution < -0.4 is 0 Å². The number of hydrogen-bond acceptors (Lipinski definition) is 1. The number of aryl methyl sites for hydroxylation is 1. The number of alkyl halides is 1. The Labute approximate surface area is 91.3 Å². The molecule has 0 bridgehead atoms. The van der Waals surface area contributed by atoms with Crippen LogP contribution in [-0.2, 0) is 6.42 Å². The lowest BCUT2D eigenvalue weighted by atomic mass is 10.1. The molecule has 0 aliphatic rings. The highest BCUT2D eigenvalue weighted by Gasteiger charge is 2.04. The highest BCUT2D eigenvalue weighted by molar-refractivity contribution is 6.18. The lowest BCUT2D eigenvalue weighted by Gasteiger charge is -2.05. The average molecular weight is 215 g/mol. The van der Waals surface area contributed by atoms with Crippen molar-refractivity contribution >= 4 is 11.6 Å². The van der Waals surface area contributed by atoms with Gasteiger partial charge in [0, 0.05) is 18.1 Å². The Hall–Kier alpha value is -0.500. The summed E-state index contributed by atoms with van der Waals surface area (Å²) in [7, 11) is 0. The number of rotatable bonds is 5. The number of nitrogens with zero attached hydrogens (tertiary/aromatic N) is 2. The number of halogens is 1. The van der Waals surface area contributed by atoms with Gasteiger partial charge in [-0.3, -0.25) is 4.68 Å². The van der Waals surface area contributed by atoms with E-state index in [1.165, 1.54) is 5.69 Å². The molecule has 0 radical (unpaired) electrons. The molecule has 0 aliphatic heterocycles. The second-order valence-corrected chi connectivity index (χ2v) is 4.49. The predicted molar refractivity (Wildman–Crippen MR) is 60.8 cm³/mol. The van der Waals surface area contributed by atoms with E-state index < -0.39 is 0 Å². The highest BCUT2D eigenvalue weighted by atomic mass is 35.5. The summed E-state index contributed by atoms with van der Waals surface area (Å²) in [5.41, 5.74) is 1.18. The molecule has 0 saturated carbocycles. The van der Waals surface area contributed by atoms with E-state index in [0.29, 0.717) is 12.0 Å². The first-order valence-corrected chi connectivity index (χ1v) is 5.77. The molecular weight excluding hydrogens is 196 g/mol. The molecule has 1 aromatic rings. The zero-order valence-electron chi connectivity index (χ0n) is 9.20. The van der Waals surface area contributed by atoms with E-state index in [2.05, 4.69) is 31.9 Å². The van der Waals surface area contributed by atoms with Crippen LogP contribution in [-0.4, -0.2) is 15.7 Å². The van der Waals surface area contributed by atoms with Crippen LogP contribution in [0.15, 0.2) is 12.3 Å². The van der Waals surface area contributed by atoms with Crippen molar-refractivity contribution in [2.24, 2.45) is 5.92 Å². The molecule has 0 aliphatic carbocycles. The lowest BCUT2D eigenvalue weighted by molar-refractivity contribution is 0.518. The van der Waals surface area contributed by atoms with Gasteiger partial charge in [-0.05, 0) is 38.7 Å². The van der Waals surface area contributed by atoms with E-state index in [0.717, 1.165) is 18.7 Å². The summed E-state index contributed by atoms with van der Waals surface area (Å²) in [6, 6.07) is 2.55. The molecule has 3 heteroatoms. The summed E-state index contributed by atoms with van der Waals surface area (Å²) in [5, 5.41) is 4.49. The molecule has 1 aromatic heterocycles. The van der Waals surface area contributed by atoms with Crippen LogP contribution in [0.1, 0.15) is 38.9 Å². The van der Waals surface area contributed by atoms with Gasteiger partial charge in [0.2, 0.25) is 0 Å². The molecular formula is C11H19ClN2. The molecule has 1 unspecified atom stereocenters. The third-order valence-corrected chi connectivity index (χ3v) is 2.88. The van der Waals surface area contributed by atoms with Gasteiger partial charge in [-0.25, -0.2) is 0 Å². The SMILES string of the molecule is CC(CCl)CCc1ccn(C(C)C)n1. The maximum atomic E-state index is 5.75. The van der Waals surface area contributed by atoms with Gasteiger partial charge in [0.25, 0.3) is 0 Å². The van der Waals surface area contributed by atoms with E-state index >= 15 is 0 Å². The Morgan fingerprint density at radius 2 is 2.14 bits per heavy atom. The normalized spacial score (nSPS) is 13.5. The highest BCUT2D eigenvalue weighted by Crippen LogP contribution is 2.10. The molecule has 14 heavy (non-hydrogen) atoms. The number of aromatic nitrogens is 2. The predicted octanol–water partition coefficient (Wildman–Crippen LogP) is 3.27. The van der Waals surface area contributed by atoms with E-state index in [4.69, 9.17) is 11.6 Å². The summed E-state index contributed by atoms with van der Waals surface area (Å²) in [5.74, 6) is 1.33. The van der Waals surface area contributed by atoms with Crippen molar-refractivity contribution in [2.45, 2.75) is 39.7 Å². The van der Waals surface area contributed by atoms with Crippen LogP contribution in [0.5, 0.6) is 0 Å². The quantitative estimate of drug-likeness (QED) is 0.688. The summed E-state index contributed by atoms with van der Waals surface area (Å²) in [6.07, 6.45) is 4.21. The minimum Gasteiger partial charge on any atom is -0.270 e. The van der Waals surface area contributed by atoms with Gasteiger partial charge < -0.3 is 0 Å². The fourth-order valence-corrected chi connectivity index (χ4v) is 1.42. The monoisotopic (exact) mass is 214 g/mol. The summed E-state index contributed by atoms with van der Waals surface area (Å²) < 4.78 is 2.00. The van der Waals surface area contributed by atoms with E-state index in [-0.39, 0.29) is 0 Å². The molecule has 0 amide bonds. The maximum absolute atomic E-state index is 5.75. The largest absolute Gasteiger partial charge is 0.270 e. The van der Waals surface area contributed by atoms with Crippen molar-refractivity contribution < 1.29 is 0 Å². The first kappa shape index (κ1) is 11.6. The second-order valence-electron chi connectivity index (χ2n) is 4.18. The summed E-state index contributed by atoms with van der Waals surface area (Å²) in [6.45, 7) is 6.45. The van der Waals surface area contributed by atoms with Crippen molar-refractivity contribution in [3.63, 3.8) is 0 Å². The van der Waals surface area contributed by atoms with Gasteiger partial charge in [0.15, 0.2) is 0 Å². The van der Waals surface area contributed by atoms with Gasteiger partial charge in [0.1, 0.15) is 0 Å². The number of hydrogen-bond donors (Lipinski definition) is 0. The van der Waals surface area contributed by atoms with E-state index in [1.807, 2.05) is 10.9 Å². The third kappa shape index (κ3) is 3.33. The molecule has 0 spiro atoms. The molecule has 0 N–H and O–H groups in total. The Morgan fingerprint density at radius 1 is 1.43 bits per heavy atom. The Balaban J connectivity index is 2.44.